The highest BCUT2D eigenvalue weighted by Gasteiger charge is 2.34. The van der Waals surface area contributed by atoms with Gasteiger partial charge < -0.3 is 20.1 Å². The maximum absolute atomic E-state index is 13.1. The minimum atomic E-state index is -4.75. The molecule has 0 fully saturated rings. The lowest BCUT2D eigenvalue weighted by Gasteiger charge is -2.17. The number of carbonyl (C=O) groups excluding carboxylic acids is 2. The van der Waals surface area contributed by atoms with Crippen LogP contribution in [0.2, 0.25) is 5.02 Å². The summed E-state index contributed by atoms with van der Waals surface area (Å²) in [7, 11) is 2.92. The minimum absolute atomic E-state index is 0.151. The van der Waals surface area contributed by atoms with Gasteiger partial charge in [0.25, 0.3) is 0 Å². The van der Waals surface area contributed by atoms with Crippen LogP contribution in [0.3, 0.4) is 0 Å². The molecule has 0 aliphatic carbocycles. The number of amides is 2. The first-order chi connectivity index (χ1) is 13.6. The van der Waals surface area contributed by atoms with Crippen molar-refractivity contribution in [3.8, 4) is 11.5 Å². The summed E-state index contributed by atoms with van der Waals surface area (Å²) in [6.07, 6.45) is -4.75. The quantitative estimate of drug-likeness (QED) is 0.697. The van der Waals surface area contributed by atoms with E-state index in [2.05, 4.69) is 5.32 Å². The van der Waals surface area contributed by atoms with Crippen LogP contribution in [0.1, 0.15) is 24.1 Å². The Labute approximate surface area is 169 Å². The number of halogens is 4. The molecule has 2 amide bonds. The van der Waals surface area contributed by atoms with E-state index in [9.17, 15) is 22.8 Å². The van der Waals surface area contributed by atoms with Crippen LogP contribution in [0.5, 0.6) is 11.5 Å². The van der Waals surface area contributed by atoms with Gasteiger partial charge in [0, 0.05) is 5.02 Å². The third-order valence-electron chi connectivity index (χ3n) is 4.00. The molecule has 0 spiro atoms. The van der Waals surface area contributed by atoms with Crippen molar-refractivity contribution in [2.45, 2.75) is 19.1 Å². The van der Waals surface area contributed by atoms with Crippen molar-refractivity contribution in [3.63, 3.8) is 0 Å². The maximum Gasteiger partial charge on any atom is 0.418 e. The normalized spacial score (nSPS) is 12.1. The van der Waals surface area contributed by atoms with Crippen LogP contribution in [0, 0.1) is 0 Å². The van der Waals surface area contributed by atoms with E-state index in [-0.39, 0.29) is 5.02 Å². The molecule has 2 N–H and O–H groups in total. The van der Waals surface area contributed by atoms with Gasteiger partial charge in [0.15, 0.2) is 11.5 Å². The Bertz CT molecular complexity index is 919. The Morgan fingerprint density at radius 3 is 2.24 bits per heavy atom. The van der Waals surface area contributed by atoms with Gasteiger partial charge in [-0.25, -0.2) is 0 Å². The highest BCUT2D eigenvalue weighted by atomic mass is 35.5. The summed E-state index contributed by atoms with van der Waals surface area (Å²) in [5.74, 6) is -1.44. The number of methoxy groups -OCH3 is 2. The molecule has 29 heavy (non-hydrogen) atoms. The summed E-state index contributed by atoms with van der Waals surface area (Å²) >= 11 is 5.59. The fourth-order valence-corrected chi connectivity index (χ4v) is 2.68. The lowest BCUT2D eigenvalue weighted by Crippen LogP contribution is -2.37. The molecule has 6 nitrogen and oxygen atoms in total. The molecule has 2 aromatic carbocycles. The topological polar surface area (TPSA) is 76.7 Å². The third kappa shape index (κ3) is 5.54. The fourth-order valence-electron chi connectivity index (χ4n) is 2.51. The Hall–Kier alpha value is -2.94. The van der Waals surface area contributed by atoms with Gasteiger partial charge in [-0.3, -0.25) is 9.59 Å². The standard InChI is InChI=1S/C19H18ClF3N2O4/c1-10(11-4-7-15(28-2)16(8-11)29-3)24-17(26)18(27)25-14-6-5-12(20)9-13(14)19(21,22)23/h4-10H,1-3H3,(H,24,26)(H,25,27). The lowest BCUT2D eigenvalue weighted by molar-refractivity contribution is -0.138. The summed E-state index contributed by atoms with van der Waals surface area (Å²) in [4.78, 5) is 24.2. The number of benzene rings is 2. The molecule has 10 heteroatoms. The molecule has 0 aromatic heterocycles. The molecule has 1 atom stereocenters. The largest absolute Gasteiger partial charge is 0.493 e. The second-order valence-electron chi connectivity index (χ2n) is 5.95. The van der Waals surface area contributed by atoms with Crippen LogP contribution >= 0.6 is 11.6 Å². The molecule has 1 unspecified atom stereocenters. The SMILES string of the molecule is COc1ccc(C(C)NC(=O)C(=O)Nc2ccc(Cl)cc2C(F)(F)F)cc1OC. The van der Waals surface area contributed by atoms with Gasteiger partial charge in [-0.2, -0.15) is 13.2 Å². The van der Waals surface area contributed by atoms with Crippen LogP contribution in [-0.4, -0.2) is 26.0 Å². The molecule has 0 aliphatic rings. The smallest absolute Gasteiger partial charge is 0.418 e. The lowest BCUT2D eigenvalue weighted by atomic mass is 10.1. The zero-order valence-electron chi connectivity index (χ0n) is 15.7. The molecule has 0 aliphatic heterocycles. The second-order valence-corrected chi connectivity index (χ2v) is 6.39. The third-order valence-corrected chi connectivity index (χ3v) is 4.23. The molecular weight excluding hydrogens is 413 g/mol. The maximum atomic E-state index is 13.1. The van der Waals surface area contributed by atoms with Gasteiger partial charge in [0.2, 0.25) is 0 Å². The van der Waals surface area contributed by atoms with Crippen molar-refractivity contribution in [1.29, 1.82) is 0 Å². The minimum Gasteiger partial charge on any atom is -0.493 e. The highest BCUT2D eigenvalue weighted by Crippen LogP contribution is 2.36. The number of hydrogen-bond donors (Lipinski definition) is 2. The van der Waals surface area contributed by atoms with E-state index < -0.39 is 35.3 Å². The van der Waals surface area contributed by atoms with E-state index in [0.29, 0.717) is 23.1 Å². The summed E-state index contributed by atoms with van der Waals surface area (Å²) < 4.78 is 49.6. The predicted molar refractivity (Wildman–Crippen MR) is 101 cm³/mol. The summed E-state index contributed by atoms with van der Waals surface area (Å²) in [6.45, 7) is 1.61. The number of ether oxygens (including phenoxy) is 2. The summed E-state index contributed by atoms with van der Waals surface area (Å²) in [5.41, 5.74) is -1.12. The van der Waals surface area contributed by atoms with Crippen LogP contribution < -0.4 is 20.1 Å². The Morgan fingerprint density at radius 1 is 1.00 bits per heavy atom. The first-order valence-corrected chi connectivity index (χ1v) is 8.65. The zero-order valence-corrected chi connectivity index (χ0v) is 16.4. The van der Waals surface area contributed by atoms with Crippen molar-refractivity contribution in [2.24, 2.45) is 0 Å². The van der Waals surface area contributed by atoms with Crippen molar-refractivity contribution in [1.82, 2.24) is 5.32 Å². The van der Waals surface area contributed by atoms with Crippen LogP contribution in [0.25, 0.3) is 0 Å². The zero-order chi connectivity index (χ0) is 21.8. The molecule has 156 valence electrons. The van der Waals surface area contributed by atoms with Gasteiger partial charge in [-0.1, -0.05) is 17.7 Å². The van der Waals surface area contributed by atoms with Crippen molar-refractivity contribution >= 4 is 29.1 Å². The molecule has 0 radical (unpaired) electrons. The van der Waals surface area contributed by atoms with Gasteiger partial charge in [-0.15, -0.1) is 0 Å². The highest BCUT2D eigenvalue weighted by molar-refractivity contribution is 6.39. The average molecular weight is 431 g/mol. The number of anilines is 1. The number of carbonyl (C=O) groups is 2. The number of nitrogens with one attached hydrogen (secondary N) is 2. The van der Waals surface area contributed by atoms with Crippen LogP contribution in [0.15, 0.2) is 36.4 Å². The molecular formula is C19H18ClF3N2O4. The van der Waals surface area contributed by atoms with E-state index in [4.69, 9.17) is 21.1 Å². The van der Waals surface area contributed by atoms with Crippen molar-refractivity contribution in [2.75, 3.05) is 19.5 Å². The molecule has 0 bridgehead atoms. The van der Waals surface area contributed by atoms with Gasteiger partial charge in [0.05, 0.1) is 31.5 Å². The van der Waals surface area contributed by atoms with Crippen molar-refractivity contribution in [3.05, 3.63) is 52.5 Å². The second kappa shape index (κ2) is 9.04. The number of hydrogen-bond acceptors (Lipinski definition) is 4. The van der Waals surface area contributed by atoms with Gasteiger partial charge >= 0.3 is 18.0 Å². The van der Waals surface area contributed by atoms with E-state index in [1.807, 2.05) is 5.32 Å². The average Bonchev–Trinajstić information content (AvgIpc) is 2.67. The van der Waals surface area contributed by atoms with Gasteiger partial charge in [-0.05, 0) is 42.8 Å². The Balaban J connectivity index is 2.13. The van der Waals surface area contributed by atoms with E-state index in [0.717, 1.165) is 6.07 Å². The molecule has 0 saturated carbocycles. The van der Waals surface area contributed by atoms with E-state index >= 15 is 0 Å². The number of alkyl halides is 3. The predicted octanol–water partition coefficient (Wildman–Crippen LogP) is 4.19. The Morgan fingerprint density at radius 2 is 1.66 bits per heavy atom. The first kappa shape index (κ1) is 22.4. The van der Waals surface area contributed by atoms with Gasteiger partial charge in [0.1, 0.15) is 0 Å². The number of rotatable bonds is 5. The van der Waals surface area contributed by atoms with Crippen LogP contribution in [-0.2, 0) is 15.8 Å². The molecule has 2 rings (SSSR count). The fraction of sp³-hybridized carbons (Fsp3) is 0.263. The Kier molecular flexibility index (Phi) is 6.97. The van der Waals surface area contributed by atoms with E-state index in [1.54, 1.807) is 25.1 Å². The monoisotopic (exact) mass is 430 g/mol. The van der Waals surface area contributed by atoms with Crippen LogP contribution in [0.4, 0.5) is 18.9 Å². The van der Waals surface area contributed by atoms with E-state index in [1.165, 1.54) is 20.3 Å². The molecule has 2 aromatic rings. The first-order valence-electron chi connectivity index (χ1n) is 8.27. The summed E-state index contributed by atoms with van der Waals surface area (Å²) in [5, 5.41) is 4.24. The molecule has 0 saturated heterocycles. The summed E-state index contributed by atoms with van der Waals surface area (Å²) in [6, 6.07) is 7.10. The van der Waals surface area contributed by atoms with Crippen molar-refractivity contribution < 1.29 is 32.2 Å². The molecule has 0 heterocycles.